The molecule has 0 fully saturated rings. The molecule has 1 aliphatic carbocycles. The number of rotatable bonds is 16. The lowest BCUT2D eigenvalue weighted by molar-refractivity contribution is -0.141. The van der Waals surface area contributed by atoms with E-state index >= 15 is 0 Å². The first-order valence-electron chi connectivity index (χ1n) is 14.4. The van der Waals surface area contributed by atoms with Gasteiger partial charge in [0.25, 0.3) is 0 Å². The molecule has 0 amide bonds. The topological polar surface area (TPSA) is 88.1 Å². The Hall–Kier alpha value is -4.37. The number of thioether (sulfide) groups is 1. The van der Waals surface area contributed by atoms with Gasteiger partial charge in [-0.1, -0.05) is 32.2 Å². The van der Waals surface area contributed by atoms with Gasteiger partial charge in [-0.05, 0) is 102 Å². The highest BCUT2D eigenvalue weighted by Gasteiger charge is 2.27. The highest BCUT2D eigenvalue weighted by Crippen LogP contribution is 2.46. The van der Waals surface area contributed by atoms with Crippen LogP contribution in [0.15, 0.2) is 90.8 Å². The third-order valence-corrected chi connectivity index (χ3v) is 8.02. The number of unbranched alkanes of at least 4 members (excludes halogenated alkanes) is 2. The first-order chi connectivity index (χ1) is 21.3. The van der Waals surface area contributed by atoms with Gasteiger partial charge in [-0.2, -0.15) is 4.39 Å². The molecule has 0 saturated heterocycles. The molecule has 0 spiro atoms. The van der Waals surface area contributed by atoms with Crippen molar-refractivity contribution < 1.29 is 37.7 Å². The van der Waals surface area contributed by atoms with E-state index in [1.54, 1.807) is 0 Å². The van der Waals surface area contributed by atoms with Gasteiger partial charge in [-0.3, -0.25) is 9.59 Å². The molecule has 44 heavy (non-hydrogen) atoms. The zero-order valence-electron chi connectivity index (χ0n) is 24.6. The summed E-state index contributed by atoms with van der Waals surface area (Å²) in [7, 11) is 0. The first kappa shape index (κ1) is 32.5. The van der Waals surface area contributed by atoms with Crippen molar-refractivity contribution in [3.05, 3.63) is 103 Å². The van der Waals surface area contributed by atoms with Crippen LogP contribution >= 0.6 is 11.8 Å². The number of ether oxygens (including phenoxy) is 4. The van der Waals surface area contributed by atoms with Crippen LogP contribution in [0.1, 0.15) is 66.4 Å². The second kappa shape index (κ2) is 15.9. The number of hydrogen-bond acceptors (Lipinski definition) is 8. The van der Waals surface area contributed by atoms with Crippen molar-refractivity contribution in [1.82, 2.24) is 0 Å². The average Bonchev–Trinajstić information content (AvgIpc) is 3.29. The van der Waals surface area contributed by atoms with E-state index in [0.717, 1.165) is 58.4 Å². The molecule has 0 unspecified atom stereocenters. The van der Waals surface area contributed by atoms with E-state index in [9.17, 15) is 18.8 Å². The number of hydrogen-bond donors (Lipinski definition) is 0. The molecule has 0 saturated carbocycles. The van der Waals surface area contributed by atoms with Crippen molar-refractivity contribution in [2.24, 2.45) is 0 Å². The molecule has 4 rings (SSSR count). The standard InChI is InChI=1S/C35H35FO7S/c1-4-40-33(37)9-6-5-7-18-41-26-11-14-28(15-12-26)44-35(39)25-10-16-29-30-17-13-27(22-32(30)23(2)31(29)21-25)42-19-8-20-43-34(38)24(3)36/h4,10-17,21-23H,1,3,5-9,18-20H2,2H3/t23-/m1/s1. The predicted molar refractivity (Wildman–Crippen MR) is 168 cm³/mol. The molecular formula is C35H35FO7S. The maximum absolute atomic E-state index is 13.2. The Morgan fingerprint density at radius 1 is 0.841 bits per heavy atom. The van der Waals surface area contributed by atoms with Crippen LogP contribution in [0.25, 0.3) is 11.1 Å². The number of carbonyl (C=O) groups excluding carboxylic acids is 3. The molecule has 1 aliphatic rings. The van der Waals surface area contributed by atoms with Crippen molar-refractivity contribution in [3.63, 3.8) is 0 Å². The molecular weight excluding hydrogens is 583 g/mol. The molecule has 0 N–H and O–H groups in total. The van der Waals surface area contributed by atoms with Crippen LogP contribution in [-0.4, -0.2) is 36.9 Å². The Bertz CT molecular complexity index is 1520. The van der Waals surface area contributed by atoms with Crippen molar-refractivity contribution >= 4 is 28.8 Å². The van der Waals surface area contributed by atoms with Gasteiger partial charge in [-0.25, -0.2) is 4.79 Å². The molecule has 1 atom stereocenters. The smallest absolute Gasteiger partial charge is 0.366 e. The Labute approximate surface area is 261 Å². The minimum Gasteiger partial charge on any atom is -0.494 e. The number of fused-ring (bicyclic) bond motifs is 3. The molecule has 7 nitrogen and oxygen atoms in total. The Morgan fingerprint density at radius 2 is 1.50 bits per heavy atom. The van der Waals surface area contributed by atoms with Gasteiger partial charge < -0.3 is 18.9 Å². The summed E-state index contributed by atoms with van der Waals surface area (Å²) in [6.45, 7) is 9.28. The minimum absolute atomic E-state index is 0.0411. The van der Waals surface area contributed by atoms with E-state index in [-0.39, 0.29) is 23.6 Å². The quantitative estimate of drug-likeness (QED) is 0.0522. The molecule has 0 aromatic heterocycles. The summed E-state index contributed by atoms with van der Waals surface area (Å²) in [5.41, 5.74) is 5.03. The highest BCUT2D eigenvalue weighted by molar-refractivity contribution is 8.14. The minimum atomic E-state index is -1.12. The van der Waals surface area contributed by atoms with Crippen LogP contribution in [0, 0.1) is 0 Å². The normalized spacial score (nSPS) is 12.9. The van der Waals surface area contributed by atoms with Crippen molar-refractivity contribution in [3.8, 4) is 22.6 Å². The maximum Gasteiger partial charge on any atom is 0.366 e. The molecule has 3 aromatic rings. The van der Waals surface area contributed by atoms with Gasteiger partial charge in [0.2, 0.25) is 10.9 Å². The Morgan fingerprint density at radius 3 is 2.23 bits per heavy atom. The number of halogens is 1. The van der Waals surface area contributed by atoms with Crippen LogP contribution in [-0.2, 0) is 19.1 Å². The molecule has 0 aliphatic heterocycles. The SMILES string of the molecule is C=COC(=O)CCCCCOc1ccc(SC(=O)c2ccc3c(c2)[C@@H](C)c2cc(OCCCOC(=O)C(=C)F)ccc2-3)cc1. The summed E-state index contributed by atoms with van der Waals surface area (Å²) >= 11 is 1.17. The van der Waals surface area contributed by atoms with Crippen molar-refractivity contribution in [2.45, 2.75) is 49.8 Å². The summed E-state index contributed by atoms with van der Waals surface area (Å²) in [6.07, 6.45) is 4.34. The van der Waals surface area contributed by atoms with Gasteiger partial charge in [0.15, 0.2) is 0 Å². The monoisotopic (exact) mass is 618 g/mol. The Kier molecular flexibility index (Phi) is 11.8. The van der Waals surface area contributed by atoms with Crippen LogP contribution in [0.2, 0.25) is 0 Å². The van der Waals surface area contributed by atoms with Gasteiger partial charge in [0.05, 0.1) is 26.1 Å². The second-order valence-corrected chi connectivity index (χ2v) is 11.2. The second-order valence-electron chi connectivity index (χ2n) is 10.2. The van der Waals surface area contributed by atoms with Crippen molar-refractivity contribution in [2.75, 3.05) is 19.8 Å². The van der Waals surface area contributed by atoms with E-state index in [1.807, 2.05) is 60.7 Å². The van der Waals surface area contributed by atoms with Crippen LogP contribution in [0.4, 0.5) is 4.39 Å². The largest absolute Gasteiger partial charge is 0.494 e. The summed E-state index contributed by atoms with van der Waals surface area (Å²) in [5, 5.41) is -0.0411. The molecule has 9 heteroatoms. The zero-order chi connectivity index (χ0) is 31.5. The molecule has 3 aromatic carbocycles. The van der Waals surface area contributed by atoms with Gasteiger partial charge in [0.1, 0.15) is 11.5 Å². The third kappa shape index (κ3) is 8.83. The fraction of sp³-hybridized carbons (Fsp3) is 0.286. The number of carbonyl (C=O) groups is 3. The molecule has 0 radical (unpaired) electrons. The summed E-state index contributed by atoms with van der Waals surface area (Å²) in [4.78, 5) is 36.4. The van der Waals surface area contributed by atoms with Crippen LogP contribution in [0.5, 0.6) is 11.5 Å². The van der Waals surface area contributed by atoms with E-state index in [1.165, 1.54) is 11.8 Å². The third-order valence-electron chi connectivity index (χ3n) is 7.09. The van der Waals surface area contributed by atoms with Crippen LogP contribution in [0.3, 0.4) is 0 Å². The summed E-state index contributed by atoms with van der Waals surface area (Å²) in [5.74, 6) is -0.951. The van der Waals surface area contributed by atoms with E-state index in [4.69, 9.17) is 18.9 Å². The fourth-order valence-corrected chi connectivity index (χ4v) is 5.58. The Balaban J connectivity index is 1.26. The predicted octanol–water partition coefficient (Wildman–Crippen LogP) is 8.17. The zero-order valence-corrected chi connectivity index (χ0v) is 25.5. The first-order valence-corrected chi connectivity index (χ1v) is 15.3. The average molecular weight is 619 g/mol. The highest BCUT2D eigenvalue weighted by atomic mass is 32.2. The molecule has 230 valence electrons. The lowest BCUT2D eigenvalue weighted by atomic mass is 9.98. The number of esters is 2. The van der Waals surface area contributed by atoms with E-state index < -0.39 is 11.8 Å². The van der Waals surface area contributed by atoms with Gasteiger partial charge in [-0.15, -0.1) is 0 Å². The summed E-state index contributed by atoms with van der Waals surface area (Å²) in [6, 6.07) is 19.2. The van der Waals surface area contributed by atoms with Crippen LogP contribution < -0.4 is 9.47 Å². The van der Waals surface area contributed by atoms with E-state index in [2.05, 4.69) is 20.1 Å². The van der Waals surface area contributed by atoms with Crippen molar-refractivity contribution in [1.29, 1.82) is 0 Å². The maximum atomic E-state index is 13.2. The molecule has 0 bridgehead atoms. The summed E-state index contributed by atoms with van der Waals surface area (Å²) < 4.78 is 33.7. The van der Waals surface area contributed by atoms with E-state index in [0.29, 0.717) is 37.4 Å². The lowest BCUT2D eigenvalue weighted by Crippen LogP contribution is -2.08. The number of benzene rings is 3. The molecule has 0 heterocycles. The van der Waals surface area contributed by atoms with Gasteiger partial charge >= 0.3 is 11.9 Å². The lowest BCUT2D eigenvalue weighted by Gasteiger charge is -2.11. The fourth-order valence-electron chi connectivity index (χ4n) is 4.85. The van der Waals surface area contributed by atoms with Gasteiger partial charge in [0, 0.05) is 29.2 Å².